The van der Waals surface area contributed by atoms with Crippen molar-refractivity contribution in [3.8, 4) is 0 Å². The van der Waals surface area contributed by atoms with E-state index in [1.54, 1.807) is 0 Å². The van der Waals surface area contributed by atoms with Crippen LogP contribution in [-0.4, -0.2) is 25.7 Å². The quantitative estimate of drug-likeness (QED) is 0.886. The molecule has 0 aromatic heterocycles. The summed E-state index contributed by atoms with van der Waals surface area (Å²) in [5.74, 6) is 0. The lowest BCUT2D eigenvalue weighted by Crippen LogP contribution is -2.46. The van der Waals surface area contributed by atoms with Crippen molar-refractivity contribution in [2.75, 3.05) is 18.5 Å². The van der Waals surface area contributed by atoms with E-state index in [1.165, 1.54) is 0 Å². The first kappa shape index (κ1) is 13.0. The molecule has 1 aromatic carbocycles. The summed E-state index contributed by atoms with van der Waals surface area (Å²) in [6.07, 6.45) is 2.25. The van der Waals surface area contributed by atoms with Gasteiger partial charge in [0, 0.05) is 18.6 Å². The van der Waals surface area contributed by atoms with Crippen LogP contribution >= 0.6 is 23.2 Å². The molecule has 0 radical (unpaired) electrons. The van der Waals surface area contributed by atoms with Gasteiger partial charge >= 0.3 is 0 Å². The van der Waals surface area contributed by atoms with Crippen molar-refractivity contribution in [3.05, 3.63) is 28.2 Å². The minimum atomic E-state index is 0.457. The first-order valence-electron chi connectivity index (χ1n) is 6.01. The fraction of sp³-hybridized carbons (Fsp3) is 0.538. The normalized spacial score (nSPS) is 25.1. The van der Waals surface area contributed by atoms with Crippen LogP contribution in [0.15, 0.2) is 18.2 Å². The number of hydrogen-bond acceptors (Lipinski definition) is 2. The fourth-order valence-corrected chi connectivity index (χ4v) is 3.14. The van der Waals surface area contributed by atoms with Crippen LogP contribution in [0.5, 0.6) is 0 Å². The monoisotopic (exact) mass is 272 g/mol. The highest BCUT2D eigenvalue weighted by Crippen LogP contribution is 2.36. The van der Waals surface area contributed by atoms with Crippen molar-refractivity contribution in [3.63, 3.8) is 0 Å². The smallest absolute Gasteiger partial charge is 0.0747 e. The standard InChI is InChI=1S/C13H18Cl2N2/c1-9-8-10(16-2)6-7-17(9)13-11(14)4-3-5-12(13)15/h3-5,9-10,16H,6-8H2,1-2H3. The van der Waals surface area contributed by atoms with Crippen molar-refractivity contribution >= 4 is 28.9 Å². The molecule has 1 heterocycles. The molecule has 94 valence electrons. The van der Waals surface area contributed by atoms with Crippen LogP contribution in [0.3, 0.4) is 0 Å². The number of para-hydroxylation sites is 1. The fourth-order valence-electron chi connectivity index (χ4n) is 2.53. The van der Waals surface area contributed by atoms with Gasteiger partial charge in [0.05, 0.1) is 15.7 Å². The molecule has 0 saturated carbocycles. The van der Waals surface area contributed by atoms with Gasteiger partial charge in [0.2, 0.25) is 0 Å². The van der Waals surface area contributed by atoms with E-state index in [0.29, 0.717) is 12.1 Å². The highest BCUT2D eigenvalue weighted by Gasteiger charge is 2.27. The minimum Gasteiger partial charge on any atom is -0.366 e. The van der Waals surface area contributed by atoms with Gasteiger partial charge in [-0.3, -0.25) is 0 Å². The van der Waals surface area contributed by atoms with E-state index >= 15 is 0 Å². The number of nitrogens with one attached hydrogen (secondary N) is 1. The SMILES string of the molecule is CNC1CCN(c2c(Cl)cccc2Cl)C(C)C1. The van der Waals surface area contributed by atoms with Crippen LogP contribution in [0.25, 0.3) is 0 Å². The second kappa shape index (κ2) is 5.47. The van der Waals surface area contributed by atoms with Gasteiger partial charge in [-0.15, -0.1) is 0 Å². The molecule has 0 aliphatic carbocycles. The third kappa shape index (κ3) is 2.70. The minimum absolute atomic E-state index is 0.457. The predicted octanol–water partition coefficient (Wildman–Crippen LogP) is 3.57. The summed E-state index contributed by atoms with van der Waals surface area (Å²) in [5.41, 5.74) is 0.984. The second-order valence-electron chi connectivity index (χ2n) is 4.62. The van der Waals surface area contributed by atoms with Gasteiger partial charge in [0.15, 0.2) is 0 Å². The first-order chi connectivity index (χ1) is 8.13. The largest absolute Gasteiger partial charge is 0.366 e. The number of halogens is 2. The molecule has 1 saturated heterocycles. The maximum atomic E-state index is 6.26. The molecule has 1 fully saturated rings. The number of rotatable bonds is 2. The molecule has 1 aliphatic rings. The van der Waals surface area contributed by atoms with Crippen molar-refractivity contribution in [2.45, 2.75) is 31.8 Å². The highest BCUT2D eigenvalue weighted by atomic mass is 35.5. The third-order valence-corrected chi connectivity index (χ3v) is 4.12. The van der Waals surface area contributed by atoms with E-state index in [2.05, 4.69) is 17.1 Å². The molecule has 0 spiro atoms. The van der Waals surface area contributed by atoms with E-state index in [4.69, 9.17) is 23.2 Å². The molecule has 1 aromatic rings. The van der Waals surface area contributed by atoms with Crippen molar-refractivity contribution in [2.24, 2.45) is 0 Å². The van der Waals surface area contributed by atoms with Crippen molar-refractivity contribution in [1.29, 1.82) is 0 Å². The Morgan fingerprint density at radius 2 is 1.94 bits per heavy atom. The van der Waals surface area contributed by atoms with E-state index < -0.39 is 0 Å². The number of benzene rings is 1. The summed E-state index contributed by atoms with van der Waals surface area (Å²) >= 11 is 12.5. The lowest BCUT2D eigenvalue weighted by molar-refractivity contribution is 0.387. The van der Waals surface area contributed by atoms with E-state index in [9.17, 15) is 0 Å². The molecule has 1 N–H and O–H groups in total. The Morgan fingerprint density at radius 3 is 2.47 bits per heavy atom. The zero-order valence-corrected chi connectivity index (χ0v) is 11.7. The lowest BCUT2D eigenvalue weighted by atomic mass is 9.98. The summed E-state index contributed by atoms with van der Waals surface area (Å²) in [6.45, 7) is 3.22. The Hall–Kier alpha value is -0.440. The number of hydrogen-bond donors (Lipinski definition) is 1. The first-order valence-corrected chi connectivity index (χ1v) is 6.77. The van der Waals surface area contributed by atoms with Gasteiger partial charge in [-0.2, -0.15) is 0 Å². The van der Waals surface area contributed by atoms with E-state index in [1.807, 2.05) is 25.2 Å². The van der Waals surface area contributed by atoms with Crippen molar-refractivity contribution in [1.82, 2.24) is 5.32 Å². The average Bonchev–Trinajstić information content (AvgIpc) is 2.30. The molecule has 2 unspecified atom stereocenters. The average molecular weight is 273 g/mol. The Balaban J connectivity index is 2.23. The summed E-state index contributed by atoms with van der Waals surface area (Å²) in [7, 11) is 2.02. The molecule has 0 amide bonds. The zero-order chi connectivity index (χ0) is 12.4. The van der Waals surface area contributed by atoms with Gasteiger partial charge in [0.25, 0.3) is 0 Å². The number of nitrogens with zero attached hydrogens (tertiary/aromatic N) is 1. The molecule has 17 heavy (non-hydrogen) atoms. The van der Waals surface area contributed by atoms with Crippen LogP contribution in [0.1, 0.15) is 19.8 Å². The summed E-state index contributed by atoms with van der Waals surface area (Å²) in [4.78, 5) is 2.32. The molecule has 1 aliphatic heterocycles. The molecular weight excluding hydrogens is 255 g/mol. The summed E-state index contributed by atoms with van der Waals surface area (Å²) in [6, 6.07) is 6.75. The van der Waals surface area contributed by atoms with Crippen LogP contribution in [0, 0.1) is 0 Å². The summed E-state index contributed by atoms with van der Waals surface area (Å²) < 4.78 is 0. The Kier molecular flexibility index (Phi) is 4.18. The Labute approximate surface area is 113 Å². The highest BCUT2D eigenvalue weighted by molar-refractivity contribution is 6.39. The van der Waals surface area contributed by atoms with Crippen LogP contribution in [0.2, 0.25) is 10.0 Å². The topological polar surface area (TPSA) is 15.3 Å². The zero-order valence-electron chi connectivity index (χ0n) is 10.2. The molecular formula is C13H18Cl2N2. The lowest BCUT2D eigenvalue weighted by Gasteiger charge is -2.40. The van der Waals surface area contributed by atoms with Gasteiger partial charge < -0.3 is 10.2 Å². The van der Waals surface area contributed by atoms with Gasteiger partial charge in [0.1, 0.15) is 0 Å². The maximum absolute atomic E-state index is 6.26. The molecule has 2 nitrogen and oxygen atoms in total. The Morgan fingerprint density at radius 1 is 1.29 bits per heavy atom. The molecule has 2 atom stereocenters. The van der Waals surface area contributed by atoms with Gasteiger partial charge in [-0.25, -0.2) is 0 Å². The number of anilines is 1. The van der Waals surface area contributed by atoms with E-state index in [-0.39, 0.29) is 0 Å². The van der Waals surface area contributed by atoms with Crippen molar-refractivity contribution < 1.29 is 0 Å². The van der Waals surface area contributed by atoms with Crippen LogP contribution in [-0.2, 0) is 0 Å². The molecule has 4 heteroatoms. The van der Waals surface area contributed by atoms with Gasteiger partial charge in [-0.05, 0) is 38.9 Å². The second-order valence-corrected chi connectivity index (χ2v) is 5.44. The van der Waals surface area contributed by atoms with Gasteiger partial charge in [-0.1, -0.05) is 29.3 Å². The predicted molar refractivity (Wildman–Crippen MR) is 75.4 cm³/mol. The number of piperidine rings is 1. The summed E-state index contributed by atoms with van der Waals surface area (Å²) in [5, 5.41) is 4.83. The van der Waals surface area contributed by atoms with E-state index in [0.717, 1.165) is 35.1 Å². The Bertz CT molecular complexity index is 375. The van der Waals surface area contributed by atoms with Crippen LogP contribution in [0.4, 0.5) is 5.69 Å². The van der Waals surface area contributed by atoms with Crippen LogP contribution < -0.4 is 10.2 Å². The molecule has 2 rings (SSSR count). The maximum Gasteiger partial charge on any atom is 0.0747 e. The third-order valence-electron chi connectivity index (χ3n) is 3.51. The molecule has 0 bridgehead atoms.